The first-order valence-corrected chi connectivity index (χ1v) is 21.2. The van der Waals surface area contributed by atoms with E-state index in [1.165, 1.54) is 52.8 Å². The van der Waals surface area contributed by atoms with Crippen molar-refractivity contribution in [1.82, 2.24) is 18.7 Å². The van der Waals surface area contributed by atoms with E-state index in [1.807, 2.05) is 11.3 Å². The van der Waals surface area contributed by atoms with Crippen molar-refractivity contribution in [3.63, 3.8) is 0 Å². The van der Waals surface area contributed by atoms with Crippen molar-refractivity contribution in [3.8, 4) is 39.6 Å². The van der Waals surface area contributed by atoms with Crippen LogP contribution in [-0.2, 0) is 0 Å². The molecule has 0 radical (unpaired) electrons. The van der Waals surface area contributed by atoms with Gasteiger partial charge in [0.2, 0.25) is 0 Å². The zero-order chi connectivity index (χ0) is 39.3. The second-order valence-corrected chi connectivity index (χ2v) is 16.6. The quantitative estimate of drug-likeness (QED) is 0.171. The Bertz CT molecular complexity index is 3720. The zero-order valence-corrected chi connectivity index (χ0v) is 33.1. The summed E-state index contributed by atoms with van der Waals surface area (Å²) >= 11 is 1.85. The van der Waals surface area contributed by atoms with E-state index in [0.29, 0.717) is 0 Å². The summed E-state index contributed by atoms with van der Waals surface area (Å²) < 4.78 is 9.85. The van der Waals surface area contributed by atoms with Crippen LogP contribution in [0.4, 0.5) is 0 Å². The molecular weight excluding hydrogens is 749 g/mol. The van der Waals surface area contributed by atoms with Gasteiger partial charge in [-0.05, 0) is 77.9 Å². The molecule has 0 fully saturated rings. The predicted octanol–water partition coefficient (Wildman–Crippen LogP) is 14.9. The summed E-state index contributed by atoms with van der Waals surface area (Å²) in [4.78, 5) is 5.76. The molecule has 0 saturated carbocycles. The average Bonchev–Trinajstić information content (AvgIpc) is 4.07. The highest BCUT2D eigenvalue weighted by Crippen LogP contribution is 2.42. The van der Waals surface area contributed by atoms with E-state index in [4.69, 9.17) is 4.98 Å². The van der Waals surface area contributed by atoms with E-state index in [9.17, 15) is 0 Å². The number of hydrogen-bond donors (Lipinski definition) is 0. The van der Waals surface area contributed by atoms with Gasteiger partial charge >= 0.3 is 0 Å². The van der Waals surface area contributed by atoms with Gasteiger partial charge < -0.3 is 9.13 Å². The monoisotopic (exact) mass is 782 g/mol. The molecule has 5 heteroatoms. The lowest BCUT2D eigenvalue weighted by Crippen LogP contribution is -2.03. The third kappa shape index (κ3) is 4.81. The molecule has 0 aliphatic carbocycles. The molecule has 0 aliphatic rings. The van der Waals surface area contributed by atoms with Crippen molar-refractivity contribution in [2.45, 2.75) is 0 Å². The maximum atomic E-state index is 5.76. The smallest absolute Gasteiger partial charge is 0.145 e. The molecule has 4 nitrogen and oxygen atoms in total. The van der Waals surface area contributed by atoms with E-state index in [1.54, 1.807) is 0 Å². The molecule has 280 valence electrons. The maximum absolute atomic E-state index is 5.76. The first-order valence-electron chi connectivity index (χ1n) is 20.4. The topological polar surface area (TPSA) is 27.7 Å². The molecule has 0 amide bonds. The SMILES string of the molecule is c1ccc(-n2c(-c3ccc(-c4ccc5sc6ccccc6c5c4)cc3)nc3c(-n4c5ccccc5c5ccccc54)ccc(-n4c5ccccc5c5ccccc54)c32)cc1. The van der Waals surface area contributed by atoms with Crippen molar-refractivity contribution < 1.29 is 0 Å². The predicted molar refractivity (Wildman–Crippen MR) is 254 cm³/mol. The number of imidazole rings is 1. The van der Waals surface area contributed by atoms with Crippen LogP contribution in [0.3, 0.4) is 0 Å². The molecule has 0 unspecified atom stereocenters. The van der Waals surface area contributed by atoms with Gasteiger partial charge in [0.05, 0.1) is 39.0 Å². The number of nitrogens with zero attached hydrogens (tertiary/aromatic N) is 4. The molecule has 0 atom stereocenters. The Kier molecular flexibility index (Phi) is 7.14. The highest BCUT2D eigenvalue weighted by molar-refractivity contribution is 7.25. The Hall–Kier alpha value is -7.73. The molecule has 60 heavy (non-hydrogen) atoms. The second kappa shape index (κ2) is 12.9. The van der Waals surface area contributed by atoms with Crippen molar-refractivity contribution in [2.75, 3.05) is 0 Å². The number of rotatable bonds is 5. The summed E-state index contributed by atoms with van der Waals surface area (Å²) in [6.07, 6.45) is 0. The second-order valence-electron chi connectivity index (χ2n) is 15.5. The van der Waals surface area contributed by atoms with E-state index in [-0.39, 0.29) is 0 Å². The van der Waals surface area contributed by atoms with Crippen molar-refractivity contribution in [2.24, 2.45) is 0 Å². The van der Waals surface area contributed by atoms with Crippen LogP contribution in [0.25, 0.3) is 114 Å². The number of aromatic nitrogens is 4. The van der Waals surface area contributed by atoms with Crippen LogP contribution in [0, 0.1) is 0 Å². The molecule has 0 N–H and O–H groups in total. The Morgan fingerprint density at radius 1 is 0.333 bits per heavy atom. The lowest BCUT2D eigenvalue weighted by molar-refractivity contribution is 1.08. The van der Waals surface area contributed by atoms with Gasteiger partial charge in [0.1, 0.15) is 11.3 Å². The van der Waals surface area contributed by atoms with Crippen LogP contribution in [0.1, 0.15) is 0 Å². The van der Waals surface area contributed by atoms with Crippen LogP contribution in [-0.4, -0.2) is 18.7 Å². The lowest BCUT2D eigenvalue weighted by Gasteiger charge is -2.17. The number of para-hydroxylation sites is 5. The molecule has 9 aromatic carbocycles. The van der Waals surface area contributed by atoms with Gasteiger partial charge in [-0.3, -0.25) is 4.57 Å². The molecule has 13 aromatic rings. The Morgan fingerprint density at radius 3 is 1.42 bits per heavy atom. The van der Waals surface area contributed by atoms with Crippen molar-refractivity contribution >= 4 is 86.2 Å². The number of thiophene rings is 1. The number of hydrogen-bond acceptors (Lipinski definition) is 2. The standard InChI is InChI=1S/C55H34N4S/c1-2-14-38(15-3-1)57-54-50(59-47-23-11-6-18-41(47)42-19-7-12-24-48(42)59)32-31-49(58-45-21-9-4-16-39(45)40-17-5-10-22-46(40)58)53(54)56-55(57)36-28-26-35(27-29-36)37-30-33-52-44(34-37)43-20-8-13-25-51(43)60-52/h1-34H. The summed E-state index contributed by atoms with van der Waals surface area (Å²) in [5.74, 6) is 0.886. The van der Waals surface area contributed by atoms with Crippen LogP contribution < -0.4 is 0 Å². The molecular formula is C55H34N4S. The summed E-state index contributed by atoms with van der Waals surface area (Å²) in [5, 5.41) is 7.51. The highest BCUT2D eigenvalue weighted by atomic mass is 32.1. The largest absolute Gasteiger partial charge is 0.307 e. The number of fused-ring (bicyclic) bond motifs is 10. The summed E-state index contributed by atoms with van der Waals surface area (Å²) in [5.41, 5.74) is 13.2. The molecule has 13 rings (SSSR count). The minimum atomic E-state index is 0.886. The van der Waals surface area contributed by atoms with Gasteiger partial charge in [-0.1, -0.05) is 140 Å². The molecule has 0 saturated heterocycles. The molecule has 4 aromatic heterocycles. The fourth-order valence-electron chi connectivity index (χ4n) is 9.62. The van der Waals surface area contributed by atoms with Crippen LogP contribution >= 0.6 is 11.3 Å². The van der Waals surface area contributed by atoms with Crippen LogP contribution in [0.5, 0.6) is 0 Å². The fraction of sp³-hybridized carbons (Fsp3) is 0. The third-order valence-corrected chi connectivity index (χ3v) is 13.4. The maximum Gasteiger partial charge on any atom is 0.145 e. The fourth-order valence-corrected chi connectivity index (χ4v) is 10.7. The minimum absolute atomic E-state index is 0.886. The third-order valence-electron chi connectivity index (χ3n) is 12.3. The zero-order valence-electron chi connectivity index (χ0n) is 32.3. The van der Waals surface area contributed by atoms with E-state index in [0.717, 1.165) is 61.6 Å². The van der Waals surface area contributed by atoms with E-state index >= 15 is 0 Å². The normalized spacial score (nSPS) is 12.0. The van der Waals surface area contributed by atoms with Gasteiger partial charge in [0.15, 0.2) is 0 Å². The van der Waals surface area contributed by atoms with Gasteiger partial charge in [0, 0.05) is 53.0 Å². The van der Waals surface area contributed by atoms with E-state index in [2.05, 4.69) is 220 Å². The van der Waals surface area contributed by atoms with Crippen molar-refractivity contribution in [1.29, 1.82) is 0 Å². The first kappa shape index (κ1) is 33.3. The molecule has 0 bridgehead atoms. The van der Waals surface area contributed by atoms with Gasteiger partial charge in [0.25, 0.3) is 0 Å². The lowest BCUT2D eigenvalue weighted by atomic mass is 10.0. The van der Waals surface area contributed by atoms with Crippen LogP contribution in [0.15, 0.2) is 206 Å². The van der Waals surface area contributed by atoms with Gasteiger partial charge in [-0.25, -0.2) is 4.98 Å². The van der Waals surface area contributed by atoms with Gasteiger partial charge in [-0.15, -0.1) is 11.3 Å². The van der Waals surface area contributed by atoms with Crippen molar-refractivity contribution in [3.05, 3.63) is 206 Å². The van der Waals surface area contributed by atoms with E-state index < -0.39 is 0 Å². The number of benzene rings is 9. The molecule has 0 aliphatic heterocycles. The minimum Gasteiger partial charge on any atom is -0.307 e. The average molecular weight is 783 g/mol. The van der Waals surface area contributed by atoms with Gasteiger partial charge in [-0.2, -0.15) is 0 Å². The summed E-state index contributed by atoms with van der Waals surface area (Å²) in [6.45, 7) is 0. The Morgan fingerprint density at radius 2 is 0.800 bits per heavy atom. The molecule has 0 spiro atoms. The molecule has 4 heterocycles. The Labute approximate surface area is 349 Å². The van der Waals surface area contributed by atoms with Crippen LogP contribution in [0.2, 0.25) is 0 Å². The Balaban J connectivity index is 1.11. The summed E-state index contributed by atoms with van der Waals surface area (Å²) in [6, 6.07) is 74.8. The summed E-state index contributed by atoms with van der Waals surface area (Å²) in [7, 11) is 0. The highest BCUT2D eigenvalue weighted by Gasteiger charge is 2.25. The first-order chi connectivity index (χ1) is 29.8.